The molecule has 2 atom stereocenters. The lowest BCUT2D eigenvalue weighted by molar-refractivity contribution is -0.128. The Kier molecular flexibility index (Phi) is 1.30. The zero-order chi connectivity index (χ0) is 7.07. The van der Waals surface area contributed by atoms with Gasteiger partial charge in [-0.1, -0.05) is 0 Å². The van der Waals surface area contributed by atoms with Gasteiger partial charge >= 0.3 is 0 Å². The van der Waals surface area contributed by atoms with Crippen molar-refractivity contribution in [1.82, 2.24) is 0 Å². The lowest BCUT2D eigenvalue weighted by Gasteiger charge is -2.12. The van der Waals surface area contributed by atoms with Crippen LogP contribution in [0.4, 0.5) is 8.78 Å². The van der Waals surface area contributed by atoms with Gasteiger partial charge in [-0.05, 0) is 13.3 Å². The molecule has 0 bridgehead atoms. The van der Waals surface area contributed by atoms with E-state index in [1.807, 2.05) is 0 Å². The van der Waals surface area contributed by atoms with Gasteiger partial charge in [0.05, 0.1) is 0 Å². The predicted octanol–water partition coefficient (Wildman–Crippen LogP) is 1.42. The third-order valence-corrected chi connectivity index (χ3v) is 1.76. The van der Waals surface area contributed by atoms with E-state index in [2.05, 4.69) is 0 Å². The Balaban J connectivity index is 2.78. The van der Waals surface area contributed by atoms with Gasteiger partial charge in [-0.15, -0.1) is 0 Å². The van der Waals surface area contributed by atoms with Crippen molar-refractivity contribution in [2.45, 2.75) is 31.6 Å². The highest BCUT2D eigenvalue weighted by Gasteiger charge is 2.47. The molecule has 1 saturated carbocycles. The van der Waals surface area contributed by atoms with Gasteiger partial charge in [0.15, 0.2) is 11.5 Å². The van der Waals surface area contributed by atoms with Crippen molar-refractivity contribution in [1.29, 1.82) is 0 Å². The molecule has 0 saturated heterocycles. The number of carbonyl (C=O) groups is 1. The number of hydrogen-bond acceptors (Lipinski definition) is 1. The highest BCUT2D eigenvalue weighted by Crippen LogP contribution is 2.32. The first-order valence-corrected chi connectivity index (χ1v) is 2.91. The number of rotatable bonds is 0. The molecule has 52 valence electrons. The van der Waals surface area contributed by atoms with Crippen molar-refractivity contribution in [2.24, 2.45) is 0 Å². The molecule has 1 fully saturated rings. The predicted molar refractivity (Wildman–Crippen MR) is 28.6 cm³/mol. The van der Waals surface area contributed by atoms with Crippen molar-refractivity contribution in [3.8, 4) is 0 Å². The van der Waals surface area contributed by atoms with Gasteiger partial charge in [0, 0.05) is 6.42 Å². The van der Waals surface area contributed by atoms with Crippen LogP contribution in [0.25, 0.3) is 0 Å². The summed E-state index contributed by atoms with van der Waals surface area (Å²) in [6, 6.07) is 0. The van der Waals surface area contributed by atoms with Crippen molar-refractivity contribution in [3.63, 3.8) is 0 Å². The Bertz CT molecular complexity index is 142. The number of alkyl halides is 2. The van der Waals surface area contributed by atoms with Gasteiger partial charge in [-0.25, -0.2) is 8.78 Å². The van der Waals surface area contributed by atoms with Crippen molar-refractivity contribution in [3.05, 3.63) is 0 Å². The fraction of sp³-hybridized carbons (Fsp3) is 0.833. The van der Waals surface area contributed by atoms with Crippen LogP contribution < -0.4 is 0 Å². The molecule has 0 aromatic rings. The topological polar surface area (TPSA) is 17.1 Å². The molecule has 0 N–H and O–H groups in total. The van der Waals surface area contributed by atoms with Crippen LogP contribution in [0.5, 0.6) is 0 Å². The summed E-state index contributed by atoms with van der Waals surface area (Å²) in [6.45, 7) is 1.01. The Morgan fingerprint density at radius 2 is 2.33 bits per heavy atom. The van der Waals surface area contributed by atoms with Crippen molar-refractivity contribution >= 4 is 5.78 Å². The van der Waals surface area contributed by atoms with Crippen LogP contribution in [0.1, 0.15) is 19.8 Å². The molecule has 1 nitrogen and oxygen atoms in total. The van der Waals surface area contributed by atoms with E-state index in [9.17, 15) is 13.6 Å². The average Bonchev–Trinajstić information content (AvgIpc) is 1.96. The van der Waals surface area contributed by atoms with E-state index in [0.29, 0.717) is 0 Å². The minimum absolute atomic E-state index is 0.0475. The molecule has 0 spiro atoms. The maximum Gasteiger partial charge on any atom is 0.196 e. The normalized spacial score (nSPS) is 43.9. The molecular formula is C6H8F2O. The molecule has 2 unspecified atom stereocenters. The lowest BCUT2D eigenvalue weighted by atomic mass is 10.1. The number of ketones is 1. The van der Waals surface area contributed by atoms with Gasteiger partial charge < -0.3 is 0 Å². The molecule has 1 aliphatic rings. The van der Waals surface area contributed by atoms with E-state index in [-0.39, 0.29) is 12.8 Å². The van der Waals surface area contributed by atoms with Crippen molar-refractivity contribution in [2.75, 3.05) is 0 Å². The van der Waals surface area contributed by atoms with Gasteiger partial charge in [-0.2, -0.15) is 0 Å². The molecule has 0 heterocycles. The fourth-order valence-corrected chi connectivity index (χ4v) is 0.948. The average molecular weight is 134 g/mol. The van der Waals surface area contributed by atoms with E-state index < -0.39 is 17.6 Å². The first-order valence-electron chi connectivity index (χ1n) is 2.91. The van der Waals surface area contributed by atoms with Crippen LogP contribution in [0.3, 0.4) is 0 Å². The maximum atomic E-state index is 12.7. The fourth-order valence-electron chi connectivity index (χ4n) is 0.948. The maximum absolute atomic E-state index is 12.7. The molecular weight excluding hydrogens is 126 g/mol. The molecule has 0 aliphatic heterocycles. The minimum Gasteiger partial charge on any atom is -0.296 e. The van der Waals surface area contributed by atoms with Gasteiger partial charge in [0.1, 0.15) is 6.17 Å². The quantitative estimate of drug-likeness (QED) is 0.489. The van der Waals surface area contributed by atoms with Crippen LogP contribution in [0.2, 0.25) is 0 Å². The zero-order valence-corrected chi connectivity index (χ0v) is 5.16. The number of halogens is 2. The summed E-state index contributed by atoms with van der Waals surface area (Å²) < 4.78 is 25.0. The summed E-state index contributed by atoms with van der Waals surface area (Å²) in [5.41, 5.74) is -2.19. The molecule has 1 aliphatic carbocycles. The van der Waals surface area contributed by atoms with Crippen molar-refractivity contribution < 1.29 is 13.6 Å². The Morgan fingerprint density at radius 1 is 1.78 bits per heavy atom. The number of Topliss-reactive ketones (excluding diaryl/α,β-unsaturated/α-hetero) is 1. The standard InChI is InChI=1S/C6H8F2O/c1-6(8)4(7)2-3-5(6)9/h4H,2-3H2,1H3. The van der Waals surface area contributed by atoms with E-state index in [0.717, 1.165) is 6.92 Å². The summed E-state index contributed by atoms with van der Waals surface area (Å²) in [6.07, 6.45) is -1.48. The van der Waals surface area contributed by atoms with Crippen LogP contribution in [-0.4, -0.2) is 17.6 Å². The van der Waals surface area contributed by atoms with Gasteiger partial charge in [0.2, 0.25) is 0 Å². The Morgan fingerprint density at radius 3 is 2.44 bits per heavy atom. The molecule has 1 rings (SSSR count). The smallest absolute Gasteiger partial charge is 0.196 e. The number of hydrogen-bond donors (Lipinski definition) is 0. The van der Waals surface area contributed by atoms with Crippen LogP contribution in [0.15, 0.2) is 0 Å². The summed E-state index contributed by atoms with van der Waals surface area (Å²) in [7, 11) is 0. The molecule has 0 aromatic heterocycles. The van der Waals surface area contributed by atoms with Crippen LogP contribution in [-0.2, 0) is 4.79 Å². The summed E-state index contributed by atoms with van der Waals surface area (Å²) in [5.74, 6) is -0.602. The molecule has 0 aromatic carbocycles. The van der Waals surface area contributed by atoms with E-state index in [1.165, 1.54) is 0 Å². The minimum atomic E-state index is -2.19. The molecule has 3 heteroatoms. The SMILES string of the molecule is CC1(F)C(=O)CCC1F. The van der Waals surface area contributed by atoms with Gasteiger partial charge in [-0.3, -0.25) is 4.79 Å². The molecule has 0 radical (unpaired) electrons. The summed E-state index contributed by atoms with van der Waals surface area (Å²) >= 11 is 0. The second-order valence-corrected chi connectivity index (χ2v) is 2.50. The first kappa shape index (κ1) is 6.65. The molecule has 9 heavy (non-hydrogen) atoms. The van der Waals surface area contributed by atoms with E-state index >= 15 is 0 Å². The highest BCUT2D eigenvalue weighted by molar-refractivity contribution is 5.89. The molecule has 0 amide bonds. The third-order valence-electron chi connectivity index (χ3n) is 1.76. The third kappa shape index (κ3) is 0.843. The van der Waals surface area contributed by atoms with Gasteiger partial charge in [0.25, 0.3) is 0 Å². The second kappa shape index (κ2) is 1.75. The zero-order valence-electron chi connectivity index (χ0n) is 5.16. The van der Waals surface area contributed by atoms with E-state index in [1.54, 1.807) is 0 Å². The lowest BCUT2D eigenvalue weighted by Crippen LogP contribution is -2.32. The van der Waals surface area contributed by atoms with E-state index in [4.69, 9.17) is 0 Å². The first-order chi connectivity index (χ1) is 4.05. The Hall–Kier alpha value is -0.470. The number of carbonyl (C=O) groups excluding carboxylic acids is 1. The highest BCUT2D eigenvalue weighted by atomic mass is 19.2. The largest absolute Gasteiger partial charge is 0.296 e. The van der Waals surface area contributed by atoms with Crippen LogP contribution in [0, 0.1) is 0 Å². The summed E-state index contributed by atoms with van der Waals surface area (Å²) in [5, 5.41) is 0. The second-order valence-electron chi connectivity index (χ2n) is 2.50. The Labute approximate surface area is 52.1 Å². The van der Waals surface area contributed by atoms with Crippen LogP contribution >= 0.6 is 0 Å². The monoisotopic (exact) mass is 134 g/mol. The summed E-state index contributed by atoms with van der Waals surface area (Å²) in [4.78, 5) is 10.5.